The molecule has 0 radical (unpaired) electrons. The number of rotatable bonds is 3. The largest absolute Gasteiger partial charge is 0.365 e. The maximum Gasteiger partial charge on any atom is 0.156 e. The van der Waals surface area contributed by atoms with Gasteiger partial charge in [-0.2, -0.15) is 0 Å². The van der Waals surface area contributed by atoms with E-state index in [0.29, 0.717) is 6.04 Å². The maximum atomic E-state index is 6.01. The zero-order valence-electron chi connectivity index (χ0n) is 13.5. The Morgan fingerprint density at radius 2 is 1.54 bits per heavy atom. The van der Waals surface area contributed by atoms with Crippen molar-refractivity contribution < 1.29 is 0 Å². The van der Waals surface area contributed by atoms with E-state index in [9.17, 15) is 0 Å². The summed E-state index contributed by atoms with van der Waals surface area (Å²) in [5.74, 6) is 0.898. The second-order valence-electron chi connectivity index (χ2n) is 6.43. The Balaban J connectivity index is 1.75. The van der Waals surface area contributed by atoms with Crippen molar-refractivity contribution in [1.82, 2.24) is 10.2 Å². The fourth-order valence-electron chi connectivity index (χ4n) is 3.47. The molecule has 4 rings (SSSR count). The fraction of sp³-hybridized carbons (Fsp3) is 0.300. The molecule has 1 aliphatic carbocycles. The normalized spacial score (nSPS) is 15.5. The molecule has 0 bridgehead atoms. The highest BCUT2D eigenvalue weighted by Crippen LogP contribution is 2.31. The highest BCUT2D eigenvalue weighted by atomic mass is 35.5. The quantitative estimate of drug-likeness (QED) is 0.666. The monoisotopic (exact) mass is 337 g/mol. The van der Waals surface area contributed by atoms with Gasteiger partial charge in [-0.05, 0) is 25.0 Å². The minimum atomic E-state index is 0.512. The first kappa shape index (κ1) is 15.4. The third-order valence-corrected chi connectivity index (χ3v) is 5.00. The van der Waals surface area contributed by atoms with E-state index in [-0.39, 0.29) is 0 Å². The van der Waals surface area contributed by atoms with Crippen LogP contribution >= 0.6 is 11.6 Å². The molecule has 0 spiro atoms. The first-order chi connectivity index (χ1) is 11.8. The Labute approximate surface area is 147 Å². The predicted molar refractivity (Wildman–Crippen MR) is 100 cm³/mol. The van der Waals surface area contributed by atoms with Crippen LogP contribution in [0.3, 0.4) is 0 Å². The summed E-state index contributed by atoms with van der Waals surface area (Å²) in [6.07, 6.45) is 6.38. The van der Waals surface area contributed by atoms with Gasteiger partial charge in [-0.1, -0.05) is 67.3 Å². The van der Waals surface area contributed by atoms with Crippen LogP contribution in [-0.2, 0) is 0 Å². The Hall–Kier alpha value is -2.13. The molecule has 1 aromatic heterocycles. The minimum Gasteiger partial charge on any atom is -0.365 e. The van der Waals surface area contributed by atoms with Crippen LogP contribution in [0.1, 0.15) is 32.1 Å². The molecule has 3 nitrogen and oxygen atoms in total. The molecule has 24 heavy (non-hydrogen) atoms. The summed E-state index contributed by atoms with van der Waals surface area (Å²) in [6.45, 7) is 0. The fourth-order valence-corrected chi connectivity index (χ4v) is 3.60. The van der Waals surface area contributed by atoms with Crippen molar-refractivity contribution in [3.63, 3.8) is 0 Å². The highest BCUT2D eigenvalue weighted by Gasteiger charge is 2.16. The van der Waals surface area contributed by atoms with Crippen LogP contribution in [0.5, 0.6) is 0 Å². The number of hydrogen-bond donors (Lipinski definition) is 1. The number of anilines is 1. The number of aromatic nitrogens is 2. The second kappa shape index (κ2) is 6.78. The summed E-state index contributed by atoms with van der Waals surface area (Å²) in [4.78, 5) is 0. The van der Waals surface area contributed by atoms with Crippen molar-refractivity contribution >= 4 is 28.2 Å². The van der Waals surface area contributed by atoms with Crippen LogP contribution in [0, 0.1) is 0 Å². The molecule has 1 heterocycles. The van der Waals surface area contributed by atoms with Crippen molar-refractivity contribution in [2.75, 3.05) is 5.32 Å². The lowest BCUT2D eigenvalue weighted by Gasteiger charge is -2.23. The van der Waals surface area contributed by atoms with E-state index in [0.717, 1.165) is 32.9 Å². The van der Waals surface area contributed by atoms with Crippen molar-refractivity contribution in [3.05, 3.63) is 53.6 Å². The molecule has 122 valence electrons. The van der Waals surface area contributed by atoms with Gasteiger partial charge in [0.05, 0.1) is 0 Å². The summed E-state index contributed by atoms with van der Waals surface area (Å²) in [6, 6.07) is 16.6. The lowest BCUT2D eigenvalue weighted by Crippen LogP contribution is -2.23. The number of fused-ring (bicyclic) bond motifs is 1. The third kappa shape index (κ3) is 3.09. The van der Waals surface area contributed by atoms with E-state index in [1.54, 1.807) is 0 Å². The molecule has 1 fully saturated rings. The van der Waals surface area contributed by atoms with Gasteiger partial charge in [0.2, 0.25) is 0 Å². The molecule has 0 amide bonds. The lowest BCUT2D eigenvalue weighted by molar-refractivity contribution is 0.462. The SMILES string of the molecule is Clc1ccc(-c2nnc(NC3CCCCC3)c3ccccc23)cc1. The lowest BCUT2D eigenvalue weighted by atomic mass is 9.95. The standard InChI is InChI=1S/C20H20ClN3/c21-15-12-10-14(11-13-15)19-17-8-4-5-9-18(17)20(24-23-19)22-16-6-2-1-3-7-16/h4-5,8-13,16H,1-3,6-7H2,(H,22,24). The topological polar surface area (TPSA) is 37.8 Å². The molecule has 1 N–H and O–H groups in total. The number of nitrogens with zero attached hydrogens (tertiary/aromatic N) is 2. The summed E-state index contributed by atoms with van der Waals surface area (Å²) in [5.41, 5.74) is 1.93. The Bertz CT molecular complexity index is 839. The molecule has 0 atom stereocenters. The van der Waals surface area contributed by atoms with Gasteiger partial charge >= 0.3 is 0 Å². The molecule has 1 aliphatic rings. The van der Waals surface area contributed by atoms with Crippen molar-refractivity contribution in [1.29, 1.82) is 0 Å². The number of nitrogens with one attached hydrogen (secondary N) is 1. The summed E-state index contributed by atoms with van der Waals surface area (Å²) < 4.78 is 0. The van der Waals surface area contributed by atoms with Gasteiger partial charge in [-0.25, -0.2) is 0 Å². The molecular formula is C20H20ClN3. The van der Waals surface area contributed by atoms with Crippen LogP contribution in [0.25, 0.3) is 22.0 Å². The second-order valence-corrected chi connectivity index (χ2v) is 6.87. The molecule has 3 aromatic rings. The van der Waals surface area contributed by atoms with Gasteiger partial charge in [-0.15, -0.1) is 10.2 Å². The van der Waals surface area contributed by atoms with E-state index in [1.807, 2.05) is 30.3 Å². The van der Waals surface area contributed by atoms with Gasteiger partial charge in [0.1, 0.15) is 5.69 Å². The first-order valence-electron chi connectivity index (χ1n) is 8.59. The van der Waals surface area contributed by atoms with E-state index in [1.165, 1.54) is 32.1 Å². The smallest absolute Gasteiger partial charge is 0.156 e. The summed E-state index contributed by atoms with van der Waals surface area (Å²) in [7, 11) is 0. The molecule has 0 unspecified atom stereocenters. The van der Waals surface area contributed by atoms with Crippen LogP contribution in [0.4, 0.5) is 5.82 Å². The van der Waals surface area contributed by atoms with Crippen LogP contribution in [-0.4, -0.2) is 16.2 Å². The van der Waals surface area contributed by atoms with Crippen LogP contribution < -0.4 is 5.32 Å². The number of benzene rings is 2. The maximum absolute atomic E-state index is 6.01. The molecule has 2 aromatic carbocycles. The number of halogens is 1. The average Bonchev–Trinajstić information content (AvgIpc) is 2.64. The van der Waals surface area contributed by atoms with Crippen molar-refractivity contribution in [3.8, 4) is 11.3 Å². The predicted octanol–water partition coefficient (Wildman–Crippen LogP) is 5.69. The number of hydrogen-bond acceptors (Lipinski definition) is 3. The third-order valence-electron chi connectivity index (χ3n) is 4.75. The Morgan fingerprint density at radius 1 is 0.833 bits per heavy atom. The minimum absolute atomic E-state index is 0.512. The van der Waals surface area contributed by atoms with E-state index in [2.05, 4.69) is 33.7 Å². The van der Waals surface area contributed by atoms with Crippen molar-refractivity contribution in [2.24, 2.45) is 0 Å². The van der Waals surface area contributed by atoms with Gasteiger partial charge in [0.25, 0.3) is 0 Å². The van der Waals surface area contributed by atoms with Gasteiger partial charge in [0.15, 0.2) is 5.82 Å². The molecule has 1 saturated carbocycles. The van der Waals surface area contributed by atoms with Gasteiger partial charge < -0.3 is 5.32 Å². The van der Waals surface area contributed by atoms with Crippen LogP contribution in [0.15, 0.2) is 48.5 Å². The Morgan fingerprint density at radius 3 is 2.29 bits per heavy atom. The van der Waals surface area contributed by atoms with Crippen LogP contribution in [0.2, 0.25) is 5.02 Å². The van der Waals surface area contributed by atoms with E-state index >= 15 is 0 Å². The van der Waals surface area contributed by atoms with Gasteiger partial charge in [-0.3, -0.25) is 0 Å². The molecule has 0 aliphatic heterocycles. The summed E-state index contributed by atoms with van der Waals surface area (Å²) >= 11 is 6.01. The summed E-state index contributed by atoms with van der Waals surface area (Å²) in [5, 5.41) is 15.6. The average molecular weight is 338 g/mol. The zero-order valence-corrected chi connectivity index (χ0v) is 14.3. The molecule has 4 heteroatoms. The zero-order chi connectivity index (χ0) is 16.4. The molecule has 0 saturated heterocycles. The van der Waals surface area contributed by atoms with E-state index < -0.39 is 0 Å². The first-order valence-corrected chi connectivity index (χ1v) is 8.97. The molecular weight excluding hydrogens is 318 g/mol. The van der Waals surface area contributed by atoms with Crippen molar-refractivity contribution in [2.45, 2.75) is 38.1 Å². The van der Waals surface area contributed by atoms with Gasteiger partial charge in [0, 0.05) is 27.4 Å². The Kier molecular flexibility index (Phi) is 4.35. The van der Waals surface area contributed by atoms with E-state index in [4.69, 9.17) is 11.6 Å². The highest BCUT2D eigenvalue weighted by molar-refractivity contribution is 6.30.